The Kier molecular flexibility index (Phi) is 14.9. The summed E-state index contributed by atoms with van der Waals surface area (Å²) in [4.78, 5) is 37.5. The molecule has 14 heteroatoms. The quantitative estimate of drug-likeness (QED) is 0.0990. The number of benzene rings is 3. The van der Waals surface area contributed by atoms with Gasteiger partial charge in [0.05, 0.1) is 20.5 Å². The van der Waals surface area contributed by atoms with Crippen LogP contribution in [0, 0.1) is 11.3 Å². The number of carbonyl (C=O) groups is 2. The van der Waals surface area contributed by atoms with Gasteiger partial charge in [0.25, 0.3) is 5.91 Å². The lowest BCUT2D eigenvalue weighted by Crippen LogP contribution is -2.47. The third-order valence-electron chi connectivity index (χ3n) is 11.1. The first-order valence-electron chi connectivity index (χ1n) is 22.0. The lowest BCUT2D eigenvalue weighted by molar-refractivity contribution is 0.0206. The predicted octanol–water partition coefficient (Wildman–Crippen LogP) is 9.60. The van der Waals surface area contributed by atoms with E-state index in [1.165, 1.54) is 11.1 Å². The van der Waals surface area contributed by atoms with E-state index in [-0.39, 0.29) is 12.1 Å². The van der Waals surface area contributed by atoms with Gasteiger partial charge >= 0.3 is 6.09 Å². The molecule has 2 aliphatic heterocycles. The number of primary amides is 1. The molecule has 12 nitrogen and oxygen atoms in total. The summed E-state index contributed by atoms with van der Waals surface area (Å²) in [6.07, 6.45) is 5.50. The molecule has 0 spiro atoms. The number of nitrogens with one attached hydrogen (secondary N) is 3. The fourth-order valence-electron chi connectivity index (χ4n) is 8.24. The fourth-order valence-corrected chi connectivity index (χ4v) is 10.6. The molecular formula is C50H61N9O3S2. The van der Waals surface area contributed by atoms with Crippen LogP contribution in [0.3, 0.4) is 0 Å². The van der Waals surface area contributed by atoms with Crippen molar-refractivity contribution in [2.45, 2.75) is 77.2 Å². The van der Waals surface area contributed by atoms with Gasteiger partial charge in [0.15, 0.2) is 0 Å². The number of rotatable bonds is 11. The maximum absolute atomic E-state index is 12.6. The number of carbonyl (C=O) groups excluding carboxylic acids is 2. The Morgan fingerprint density at radius 2 is 1.58 bits per heavy atom. The van der Waals surface area contributed by atoms with Crippen LogP contribution in [0.15, 0.2) is 79.0 Å². The number of anilines is 2. The second-order valence-corrected chi connectivity index (χ2v) is 20.4. The van der Waals surface area contributed by atoms with Gasteiger partial charge < -0.3 is 41.1 Å². The van der Waals surface area contributed by atoms with E-state index in [1.54, 1.807) is 33.8 Å². The van der Waals surface area contributed by atoms with E-state index >= 15 is 0 Å². The van der Waals surface area contributed by atoms with E-state index in [0.29, 0.717) is 30.3 Å². The second-order valence-electron chi connectivity index (χ2n) is 18.3. The number of ether oxygens (including phenoxy) is 1. The van der Waals surface area contributed by atoms with Crippen LogP contribution in [0.4, 0.5) is 16.3 Å². The van der Waals surface area contributed by atoms with Gasteiger partial charge in [-0.25, -0.2) is 9.78 Å². The molecule has 0 bridgehead atoms. The average Bonchev–Trinajstić information content (AvgIpc) is 3.91. The fraction of sp³-hybridized carbons (Fsp3) is 0.400. The first kappa shape index (κ1) is 46.4. The van der Waals surface area contributed by atoms with Crippen molar-refractivity contribution in [3.05, 3.63) is 101 Å². The van der Waals surface area contributed by atoms with E-state index in [4.69, 9.17) is 10.5 Å². The molecule has 6 aromatic rings. The molecule has 5 N–H and O–H groups in total. The van der Waals surface area contributed by atoms with Crippen LogP contribution in [0.5, 0.6) is 0 Å². The maximum atomic E-state index is 12.6. The summed E-state index contributed by atoms with van der Waals surface area (Å²) in [7, 11) is 8.26. The molecule has 2 aliphatic rings. The van der Waals surface area contributed by atoms with Crippen LogP contribution < -0.4 is 21.7 Å². The van der Waals surface area contributed by atoms with Gasteiger partial charge in [-0.1, -0.05) is 42.5 Å². The number of nitrogens with zero attached hydrogens (tertiary/aromatic N) is 5. The number of nitrogens with two attached hydrogens (primary N) is 1. The minimum absolute atomic E-state index is 0.126. The Bertz CT molecular complexity index is 2620. The molecule has 5 heterocycles. The monoisotopic (exact) mass is 899 g/mol. The number of nitriles is 1. The maximum Gasteiger partial charge on any atom is 0.410 e. The van der Waals surface area contributed by atoms with Gasteiger partial charge in [0.2, 0.25) is 0 Å². The average molecular weight is 900 g/mol. The summed E-state index contributed by atoms with van der Waals surface area (Å²) >= 11 is 3.25. The number of aromatic nitrogens is 1. The Labute approximate surface area is 385 Å². The highest BCUT2D eigenvalue weighted by Crippen LogP contribution is 2.41. The Morgan fingerprint density at radius 3 is 2.27 bits per heavy atom. The molecule has 0 aliphatic carbocycles. The SMILES string of the molecule is CN(C)Cc1ccc(-c2cc3c(N[C@H]4CCCN(C(=O)OC(C)(C)C)C4)ccc(C#N)c3s2)cc1.CN(C)Cc1cccc(-c2cc3c(N[C@H]4CCCNC4)ncc(C(N)=O)c3s2)c1. The summed E-state index contributed by atoms with van der Waals surface area (Å²) in [5.41, 5.74) is 12.1. The Hall–Kier alpha value is -5.56. The zero-order chi connectivity index (χ0) is 45.5. The molecule has 0 radical (unpaired) electrons. The van der Waals surface area contributed by atoms with Gasteiger partial charge in [-0.15, -0.1) is 22.7 Å². The van der Waals surface area contributed by atoms with Gasteiger partial charge in [0, 0.05) is 77.2 Å². The topological polar surface area (TPSA) is 152 Å². The Morgan fingerprint density at radius 1 is 0.875 bits per heavy atom. The number of hydrogen-bond acceptors (Lipinski definition) is 12. The summed E-state index contributed by atoms with van der Waals surface area (Å²) in [5, 5.41) is 22.4. The van der Waals surface area contributed by atoms with Gasteiger partial charge in [-0.2, -0.15) is 5.26 Å². The van der Waals surface area contributed by atoms with Crippen molar-refractivity contribution in [1.29, 1.82) is 5.26 Å². The number of likely N-dealkylation sites (tertiary alicyclic amines) is 1. The molecule has 64 heavy (non-hydrogen) atoms. The van der Waals surface area contributed by atoms with Crippen LogP contribution in [0.2, 0.25) is 0 Å². The summed E-state index contributed by atoms with van der Waals surface area (Å²) in [6, 6.07) is 28.2. The molecule has 2 saturated heterocycles. The number of pyridine rings is 1. The largest absolute Gasteiger partial charge is 0.444 e. The molecule has 2 fully saturated rings. The van der Waals surface area contributed by atoms with E-state index < -0.39 is 11.5 Å². The predicted molar refractivity (Wildman–Crippen MR) is 264 cm³/mol. The number of thiophene rings is 2. The summed E-state index contributed by atoms with van der Waals surface area (Å²) < 4.78 is 7.47. The van der Waals surface area contributed by atoms with Gasteiger partial charge in [0.1, 0.15) is 17.5 Å². The molecular weight excluding hydrogens is 839 g/mol. The van der Waals surface area contributed by atoms with Crippen molar-refractivity contribution in [3.8, 4) is 27.0 Å². The lowest BCUT2D eigenvalue weighted by Gasteiger charge is -2.35. The van der Waals surface area contributed by atoms with E-state index in [1.807, 2.05) is 32.9 Å². The van der Waals surface area contributed by atoms with Crippen molar-refractivity contribution in [3.63, 3.8) is 0 Å². The third-order valence-corrected chi connectivity index (χ3v) is 13.6. The molecule has 2 amide bonds. The Balaban J connectivity index is 0.000000195. The minimum Gasteiger partial charge on any atom is -0.444 e. The number of fused-ring (bicyclic) bond motifs is 2. The van der Waals surface area contributed by atoms with E-state index in [9.17, 15) is 14.9 Å². The highest BCUT2D eigenvalue weighted by molar-refractivity contribution is 7.23. The van der Waals surface area contributed by atoms with Crippen LogP contribution in [0.25, 0.3) is 41.1 Å². The van der Waals surface area contributed by atoms with E-state index in [0.717, 1.165) is 104 Å². The first-order valence-corrected chi connectivity index (χ1v) is 23.7. The zero-order valence-corrected chi connectivity index (χ0v) is 39.7. The summed E-state index contributed by atoms with van der Waals surface area (Å²) in [6.45, 7) is 10.8. The highest BCUT2D eigenvalue weighted by Gasteiger charge is 2.28. The highest BCUT2D eigenvalue weighted by atomic mass is 32.1. The van der Waals surface area contributed by atoms with Crippen molar-refractivity contribution >= 4 is 66.4 Å². The van der Waals surface area contributed by atoms with Crippen molar-refractivity contribution in [2.75, 3.05) is 65.0 Å². The lowest BCUT2D eigenvalue weighted by atomic mass is 10.0. The van der Waals surface area contributed by atoms with Crippen molar-refractivity contribution in [2.24, 2.45) is 5.73 Å². The third kappa shape index (κ3) is 11.8. The summed E-state index contributed by atoms with van der Waals surface area (Å²) in [5.74, 6) is 0.383. The van der Waals surface area contributed by atoms with Gasteiger partial charge in [-0.05, 0) is 134 Å². The van der Waals surface area contributed by atoms with Crippen LogP contribution in [-0.2, 0) is 17.8 Å². The molecule has 3 aromatic carbocycles. The standard InChI is InChI=1S/C28H34N4O2S.C22H27N5OS/c1-28(2,3)34-27(33)32-14-6-7-22(18-32)30-24-13-12-21(16-29)26-23(24)15-25(35-26)20-10-8-19(9-11-20)17-31(4)5;1-27(2)13-14-5-3-6-15(9-14)19-10-17-20(29-19)18(21(23)28)12-25-22(17)26-16-7-4-8-24-11-16/h8-13,15,22,30H,6-7,14,17-18H2,1-5H3;3,5-6,9-10,12,16,24H,4,7-8,11,13H2,1-2H3,(H2,23,28)(H,25,26)/t22-;16-/m00/s1. The minimum atomic E-state index is -0.505. The molecule has 0 unspecified atom stereocenters. The van der Waals surface area contributed by atoms with Crippen LogP contribution >= 0.6 is 22.7 Å². The van der Waals surface area contributed by atoms with Crippen molar-refractivity contribution < 1.29 is 14.3 Å². The second kappa shape index (κ2) is 20.5. The molecule has 336 valence electrons. The molecule has 0 saturated carbocycles. The van der Waals surface area contributed by atoms with Crippen molar-refractivity contribution in [1.82, 2.24) is 25.0 Å². The number of amides is 2. The molecule has 2 atom stereocenters. The normalized spacial score (nSPS) is 16.7. The number of piperidine rings is 2. The van der Waals surface area contributed by atoms with Gasteiger partial charge in [-0.3, -0.25) is 4.79 Å². The van der Waals surface area contributed by atoms with Crippen LogP contribution in [0.1, 0.15) is 73.5 Å². The van der Waals surface area contributed by atoms with Crippen LogP contribution in [-0.4, -0.2) is 104 Å². The first-order chi connectivity index (χ1) is 30.6. The van der Waals surface area contributed by atoms with E-state index in [2.05, 4.69) is 126 Å². The molecule has 8 rings (SSSR count). The number of hydrogen-bond donors (Lipinski definition) is 4. The molecule has 3 aromatic heterocycles. The zero-order valence-electron chi connectivity index (χ0n) is 38.1. The smallest absolute Gasteiger partial charge is 0.410 e.